The molecule has 2 N–H and O–H groups in total. The summed E-state index contributed by atoms with van der Waals surface area (Å²) in [4.78, 5) is 0. The summed E-state index contributed by atoms with van der Waals surface area (Å²) in [6, 6.07) is 19.3. The minimum atomic E-state index is 0. The number of ether oxygens (including phenoxy) is 1. The van der Waals surface area contributed by atoms with Crippen LogP contribution >= 0.6 is 12.4 Å². The first-order valence-corrected chi connectivity index (χ1v) is 7.82. The Balaban J connectivity index is 0.00000176. The lowest BCUT2D eigenvalue weighted by atomic mass is 10.0. The van der Waals surface area contributed by atoms with Crippen LogP contribution < -0.4 is 10.5 Å². The zero-order valence-corrected chi connectivity index (χ0v) is 13.6. The Hall–Kier alpha value is -1.51. The van der Waals surface area contributed by atoms with Crippen LogP contribution in [0.3, 0.4) is 0 Å². The minimum absolute atomic E-state index is 0. The van der Waals surface area contributed by atoms with Crippen molar-refractivity contribution in [3.05, 3.63) is 65.7 Å². The fourth-order valence-electron chi connectivity index (χ4n) is 3.01. The first-order valence-electron chi connectivity index (χ1n) is 7.82. The van der Waals surface area contributed by atoms with Crippen molar-refractivity contribution in [3.8, 4) is 5.75 Å². The van der Waals surface area contributed by atoms with E-state index in [0.717, 1.165) is 25.2 Å². The van der Waals surface area contributed by atoms with Gasteiger partial charge in [-0.15, -0.1) is 12.4 Å². The van der Waals surface area contributed by atoms with E-state index in [1.54, 1.807) is 0 Å². The van der Waals surface area contributed by atoms with Gasteiger partial charge in [0.05, 0.1) is 6.61 Å². The highest BCUT2D eigenvalue weighted by Gasteiger charge is 2.24. The molecule has 0 heterocycles. The van der Waals surface area contributed by atoms with Crippen LogP contribution in [0.5, 0.6) is 5.75 Å². The molecule has 3 rings (SSSR count). The molecule has 1 aliphatic rings. The zero-order valence-electron chi connectivity index (χ0n) is 12.8. The Labute approximate surface area is 139 Å². The first-order chi connectivity index (χ1) is 10.3. The molecule has 0 bridgehead atoms. The molecule has 2 aromatic carbocycles. The predicted octanol–water partition coefficient (Wildman–Crippen LogP) is 4.21. The summed E-state index contributed by atoms with van der Waals surface area (Å²) >= 11 is 0. The summed E-state index contributed by atoms with van der Waals surface area (Å²) in [6.45, 7) is 0.749. The SMILES string of the molecule is Cl.NC1CCCC1COc1ccc(Cc2ccccc2)cc1. The van der Waals surface area contributed by atoms with Crippen molar-refractivity contribution in [3.63, 3.8) is 0 Å². The van der Waals surface area contributed by atoms with E-state index in [1.807, 2.05) is 6.07 Å². The van der Waals surface area contributed by atoms with Gasteiger partial charge in [-0.05, 0) is 42.5 Å². The van der Waals surface area contributed by atoms with Crippen molar-refractivity contribution in [1.82, 2.24) is 0 Å². The van der Waals surface area contributed by atoms with E-state index in [-0.39, 0.29) is 12.4 Å². The summed E-state index contributed by atoms with van der Waals surface area (Å²) in [7, 11) is 0. The van der Waals surface area contributed by atoms with Gasteiger partial charge < -0.3 is 10.5 Å². The van der Waals surface area contributed by atoms with E-state index in [1.165, 1.54) is 24.0 Å². The van der Waals surface area contributed by atoms with Gasteiger partial charge >= 0.3 is 0 Å². The third kappa shape index (κ3) is 4.49. The molecular formula is C19H24ClNO. The lowest BCUT2D eigenvalue weighted by Crippen LogP contribution is -2.28. The number of rotatable bonds is 5. The van der Waals surface area contributed by atoms with Gasteiger partial charge in [-0.2, -0.15) is 0 Å². The molecule has 1 saturated carbocycles. The van der Waals surface area contributed by atoms with Crippen molar-refractivity contribution in [2.24, 2.45) is 11.7 Å². The van der Waals surface area contributed by atoms with Crippen molar-refractivity contribution in [2.45, 2.75) is 31.7 Å². The molecule has 0 aliphatic heterocycles. The van der Waals surface area contributed by atoms with Gasteiger partial charge in [0.1, 0.15) is 5.75 Å². The van der Waals surface area contributed by atoms with E-state index in [0.29, 0.717) is 12.0 Å². The van der Waals surface area contributed by atoms with Gasteiger partial charge in [-0.1, -0.05) is 48.9 Å². The second-order valence-corrected chi connectivity index (χ2v) is 5.97. The predicted molar refractivity (Wildman–Crippen MR) is 93.7 cm³/mol. The van der Waals surface area contributed by atoms with Crippen LogP contribution in [0.1, 0.15) is 30.4 Å². The highest BCUT2D eigenvalue weighted by Crippen LogP contribution is 2.25. The average Bonchev–Trinajstić information content (AvgIpc) is 2.93. The van der Waals surface area contributed by atoms with Gasteiger partial charge in [-0.25, -0.2) is 0 Å². The van der Waals surface area contributed by atoms with Crippen LogP contribution in [0.2, 0.25) is 0 Å². The fraction of sp³-hybridized carbons (Fsp3) is 0.368. The monoisotopic (exact) mass is 317 g/mol. The molecule has 2 unspecified atom stereocenters. The lowest BCUT2D eigenvalue weighted by Gasteiger charge is -2.16. The van der Waals surface area contributed by atoms with Gasteiger partial charge in [0.15, 0.2) is 0 Å². The fourth-order valence-corrected chi connectivity index (χ4v) is 3.01. The molecule has 2 aromatic rings. The van der Waals surface area contributed by atoms with Gasteiger partial charge in [0.2, 0.25) is 0 Å². The van der Waals surface area contributed by atoms with Crippen molar-refractivity contribution < 1.29 is 4.74 Å². The molecule has 0 radical (unpaired) electrons. The minimum Gasteiger partial charge on any atom is -0.493 e. The smallest absolute Gasteiger partial charge is 0.119 e. The van der Waals surface area contributed by atoms with Crippen LogP contribution in [-0.4, -0.2) is 12.6 Å². The normalized spacial score (nSPS) is 20.4. The molecule has 0 amide bonds. The summed E-state index contributed by atoms with van der Waals surface area (Å²) in [6.07, 6.45) is 4.55. The van der Waals surface area contributed by atoms with Crippen LogP contribution in [0, 0.1) is 5.92 Å². The average molecular weight is 318 g/mol. The Morgan fingerprint density at radius 3 is 2.23 bits per heavy atom. The van der Waals surface area contributed by atoms with Gasteiger partial charge in [-0.3, -0.25) is 0 Å². The highest BCUT2D eigenvalue weighted by atomic mass is 35.5. The molecule has 0 aromatic heterocycles. The largest absolute Gasteiger partial charge is 0.493 e. The van der Waals surface area contributed by atoms with E-state index in [2.05, 4.69) is 48.5 Å². The van der Waals surface area contributed by atoms with E-state index in [4.69, 9.17) is 10.5 Å². The number of nitrogens with two attached hydrogens (primary N) is 1. The molecule has 2 atom stereocenters. The van der Waals surface area contributed by atoms with E-state index in [9.17, 15) is 0 Å². The molecule has 2 nitrogen and oxygen atoms in total. The molecule has 118 valence electrons. The lowest BCUT2D eigenvalue weighted by molar-refractivity contribution is 0.239. The number of hydrogen-bond donors (Lipinski definition) is 1. The van der Waals surface area contributed by atoms with Crippen molar-refractivity contribution in [1.29, 1.82) is 0 Å². The Bertz CT molecular complexity index is 555. The molecular weight excluding hydrogens is 294 g/mol. The molecule has 1 aliphatic carbocycles. The summed E-state index contributed by atoms with van der Waals surface area (Å²) in [5.41, 5.74) is 8.72. The summed E-state index contributed by atoms with van der Waals surface area (Å²) in [5, 5.41) is 0. The second-order valence-electron chi connectivity index (χ2n) is 5.97. The van der Waals surface area contributed by atoms with Crippen LogP contribution in [0.4, 0.5) is 0 Å². The topological polar surface area (TPSA) is 35.2 Å². The highest BCUT2D eigenvalue weighted by molar-refractivity contribution is 5.85. The number of halogens is 1. The first kappa shape index (κ1) is 16.9. The summed E-state index contributed by atoms with van der Waals surface area (Å²) < 4.78 is 5.89. The van der Waals surface area contributed by atoms with E-state index < -0.39 is 0 Å². The van der Waals surface area contributed by atoms with Gasteiger partial charge in [0.25, 0.3) is 0 Å². The number of benzene rings is 2. The zero-order chi connectivity index (χ0) is 14.5. The number of hydrogen-bond acceptors (Lipinski definition) is 2. The molecule has 1 fully saturated rings. The Morgan fingerprint density at radius 2 is 1.59 bits per heavy atom. The van der Waals surface area contributed by atoms with Crippen LogP contribution in [0.15, 0.2) is 54.6 Å². The third-order valence-corrected chi connectivity index (χ3v) is 4.36. The van der Waals surface area contributed by atoms with Crippen LogP contribution in [-0.2, 0) is 6.42 Å². The second kappa shape index (κ2) is 8.21. The van der Waals surface area contributed by atoms with Crippen LogP contribution in [0.25, 0.3) is 0 Å². The van der Waals surface area contributed by atoms with E-state index >= 15 is 0 Å². The van der Waals surface area contributed by atoms with Crippen molar-refractivity contribution in [2.75, 3.05) is 6.61 Å². The third-order valence-electron chi connectivity index (χ3n) is 4.36. The molecule has 22 heavy (non-hydrogen) atoms. The van der Waals surface area contributed by atoms with Gasteiger partial charge in [0, 0.05) is 12.0 Å². The quantitative estimate of drug-likeness (QED) is 0.896. The molecule has 3 heteroatoms. The van der Waals surface area contributed by atoms with Crippen molar-refractivity contribution >= 4 is 12.4 Å². The summed E-state index contributed by atoms with van der Waals surface area (Å²) in [5.74, 6) is 1.47. The maximum atomic E-state index is 6.07. The maximum Gasteiger partial charge on any atom is 0.119 e. The maximum absolute atomic E-state index is 6.07. The Kier molecular flexibility index (Phi) is 6.29. The molecule has 0 saturated heterocycles. The Morgan fingerprint density at radius 1 is 0.909 bits per heavy atom. The molecule has 0 spiro atoms. The standard InChI is InChI=1S/C19H23NO.ClH/c20-19-8-4-7-17(19)14-21-18-11-9-16(10-12-18)13-15-5-2-1-3-6-15;/h1-3,5-6,9-12,17,19H,4,7-8,13-14,20H2;1H.